The van der Waals surface area contributed by atoms with Crippen LogP contribution in [0, 0.1) is 19.7 Å². The van der Waals surface area contributed by atoms with Crippen LogP contribution in [0.25, 0.3) is 0 Å². The molecular formula is C21H22FN3O3S. The maximum atomic E-state index is 13.4. The van der Waals surface area contributed by atoms with E-state index < -0.39 is 10.0 Å². The summed E-state index contributed by atoms with van der Waals surface area (Å²) >= 11 is 0. The van der Waals surface area contributed by atoms with E-state index in [1.165, 1.54) is 16.4 Å². The third-order valence-corrected chi connectivity index (χ3v) is 7.14. The van der Waals surface area contributed by atoms with Gasteiger partial charge in [0.1, 0.15) is 23.1 Å². The number of hydrogen-bond donors (Lipinski definition) is 0. The Balaban J connectivity index is 1.55. The zero-order valence-electron chi connectivity index (χ0n) is 16.3. The van der Waals surface area contributed by atoms with E-state index in [1.54, 1.807) is 30.7 Å². The molecule has 0 spiro atoms. The second kappa shape index (κ2) is 7.51. The minimum atomic E-state index is -3.72. The highest BCUT2D eigenvalue weighted by Gasteiger charge is 2.34. The normalized spacial score (nSPS) is 13.6. The standard InChI is InChI=1S/C21H22FN3O3S/c1-15-21(29(26,27)25-11-10-17-6-3-4-9-20(17)25)16(2)24(23-15)12-13-28-19-8-5-7-18(22)14-19/h3-9,14H,10-13H2,1-2H3. The first-order valence-electron chi connectivity index (χ1n) is 9.41. The number of halogens is 1. The molecule has 6 nitrogen and oxygen atoms in total. The van der Waals surface area contributed by atoms with Gasteiger partial charge in [-0.2, -0.15) is 5.10 Å². The van der Waals surface area contributed by atoms with Crippen LogP contribution in [-0.4, -0.2) is 31.3 Å². The average Bonchev–Trinajstić information content (AvgIpc) is 3.23. The number of benzene rings is 2. The van der Waals surface area contributed by atoms with E-state index in [0.29, 0.717) is 36.6 Å². The summed E-state index contributed by atoms with van der Waals surface area (Å²) in [6, 6.07) is 13.5. The monoisotopic (exact) mass is 415 g/mol. The smallest absolute Gasteiger partial charge is 0.268 e. The number of rotatable bonds is 6. The second-order valence-corrected chi connectivity index (χ2v) is 8.78. The van der Waals surface area contributed by atoms with E-state index in [9.17, 15) is 12.8 Å². The first kappa shape index (κ1) is 19.4. The Labute approximate surface area is 169 Å². The van der Waals surface area contributed by atoms with Gasteiger partial charge in [-0.3, -0.25) is 8.99 Å². The summed E-state index contributed by atoms with van der Waals surface area (Å²) in [6.45, 7) is 4.48. The zero-order chi connectivity index (χ0) is 20.6. The van der Waals surface area contributed by atoms with Gasteiger partial charge in [-0.15, -0.1) is 0 Å². The van der Waals surface area contributed by atoms with Gasteiger partial charge in [-0.25, -0.2) is 12.8 Å². The fourth-order valence-corrected chi connectivity index (χ4v) is 5.63. The van der Waals surface area contributed by atoms with Gasteiger partial charge in [-0.05, 0) is 44.0 Å². The van der Waals surface area contributed by atoms with Crippen molar-refractivity contribution < 1.29 is 17.5 Å². The van der Waals surface area contributed by atoms with Crippen molar-refractivity contribution >= 4 is 15.7 Å². The molecule has 0 saturated heterocycles. The van der Waals surface area contributed by atoms with E-state index in [2.05, 4.69) is 5.10 Å². The Hall–Kier alpha value is -2.87. The molecule has 1 aliphatic heterocycles. The lowest BCUT2D eigenvalue weighted by Crippen LogP contribution is -2.30. The minimum absolute atomic E-state index is 0.236. The molecule has 0 bridgehead atoms. The Morgan fingerprint density at radius 2 is 1.93 bits per heavy atom. The van der Waals surface area contributed by atoms with E-state index in [-0.39, 0.29) is 17.3 Å². The highest BCUT2D eigenvalue weighted by molar-refractivity contribution is 7.93. The van der Waals surface area contributed by atoms with Crippen molar-refractivity contribution in [3.63, 3.8) is 0 Å². The molecule has 29 heavy (non-hydrogen) atoms. The number of aryl methyl sites for hydroxylation is 1. The van der Waals surface area contributed by atoms with Gasteiger partial charge in [0, 0.05) is 12.6 Å². The second-order valence-electron chi connectivity index (χ2n) is 6.98. The summed E-state index contributed by atoms with van der Waals surface area (Å²) in [5.41, 5.74) is 2.78. The molecule has 3 aromatic rings. The average molecular weight is 415 g/mol. The van der Waals surface area contributed by atoms with Gasteiger partial charge in [0.2, 0.25) is 0 Å². The first-order valence-corrected chi connectivity index (χ1v) is 10.8. The van der Waals surface area contributed by atoms with Crippen molar-refractivity contribution in [3.8, 4) is 5.75 Å². The van der Waals surface area contributed by atoms with Crippen LogP contribution in [0.1, 0.15) is 17.0 Å². The fraction of sp³-hybridized carbons (Fsp3) is 0.286. The van der Waals surface area contributed by atoms with E-state index >= 15 is 0 Å². The molecule has 0 fully saturated rings. The number of sulfonamides is 1. The molecule has 0 atom stereocenters. The quantitative estimate of drug-likeness (QED) is 0.618. The molecule has 0 aliphatic carbocycles. The Morgan fingerprint density at radius 3 is 2.72 bits per heavy atom. The number of ether oxygens (including phenoxy) is 1. The Bertz CT molecular complexity index is 1160. The molecule has 0 N–H and O–H groups in total. The third-order valence-electron chi connectivity index (χ3n) is 5.08. The summed E-state index contributed by atoms with van der Waals surface area (Å²) in [5.74, 6) is 0.0564. The maximum absolute atomic E-state index is 13.4. The van der Waals surface area contributed by atoms with Crippen molar-refractivity contribution in [1.29, 1.82) is 0 Å². The summed E-state index contributed by atoms with van der Waals surface area (Å²) in [4.78, 5) is 0.236. The van der Waals surface area contributed by atoms with E-state index in [0.717, 1.165) is 11.3 Å². The molecule has 0 unspecified atom stereocenters. The predicted molar refractivity (Wildman–Crippen MR) is 108 cm³/mol. The van der Waals surface area contributed by atoms with Gasteiger partial charge in [0.15, 0.2) is 0 Å². The van der Waals surface area contributed by atoms with Crippen LogP contribution in [0.15, 0.2) is 53.4 Å². The highest BCUT2D eigenvalue weighted by Crippen LogP contribution is 2.34. The first-order chi connectivity index (χ1) is 13.9. The van der Waals surface area contributed by atoms with Crippen molar-refractivity contribution in [2.24, 2.45) is 0 Å². The lowest BCUT2D eigenvalue weighted by Gasteiger charge is -2.19. The fourth-order valence-electron chi connectivity index (χ4n) is 3.75. The number of fused-ring (bicyclic) bond motifs is 1. The van der Waals surface area contributed by atoms with Gasteiger partial charge >= 0.3 is 0 Å². The number of anilines is 1. The van der Waals surface area contributed by atoms with Crippen molar-refractivity contribution in [2.75, 3.05) is 17.5 Å². The van der Waals surface area contributed by atoms with Crippen molar-refractivity contribution in [3.05, 3.63) is 71.3 Å². The largest absolute Gasteiger partial charge is 0.492 e. The van der Waals surface area contributed by atoms with Crippen LogP contribution in [0.4, 0.5) is 10.1 Å². The van der Waals surface area contributed by atoms with Crippen molar-refractivity contribution in [1.82, 2.24) is 9.78 Å². The summed E-state index contributed by atoms with van der Waals surface area (Å²) in [5, 5.41) is 4.41. The van der Waals surface area contributed by atoms with Crippen LogP contribution in [0.3, 0.4) is 0 Å². The zero-order valence-corrected chi connectivity index (χ0v) is 17.1. The van der Waals surface area contributed by atoms with Crippen molar-refractivity contribution in [2.45, 2.75) is 31.7 Å². The summed E-state index contributed by atoms with van der Waals surface area (Å²) < 4.78 is 48.7. The Kier molecular flexibility index (Phi) is 5.04. The minimum Gasteiger partial charge on any atom is -0.492 e. The molecule has 1 aliphatic rings. The highest BCUT2D eigenvalue weighted by atomic mass is 32.2. The van der Waals surface area contributed by atoms with Gasteiger partial charge < -0.3 is 4.74 Å². The van der Waals surface area contributed by atoms with E-state index in [4.69, 9.17) is 4.74 Å². The number of hydrogen-bond acceptors (Lipinski definition) is 4. The third kappa shape index (κ3) is 3.60. The predicted octanol–water partition coefficient (Wildman–Crippen LogP) is 3.47. The molecule has 0 saturated carbocycles. The van der Waals surface area contributed by atoms with Crippen LogP contribution in [-0.2, 0) is 23.0 Å². The molecule has 0 radical (unpaired) electrons. The Morgan fingerprint density at radius 1 is 1.14 bits per heavy atom. The molecule has 1 aromatic heterocycles. The molecule has 2 aromatic carbocycles. The van der Waals surface area contributed by atoms with Gasteiger partial charge in [0.25, 0.3) is 10.0 Å². The molecule has 0 amide bonds. The van der Waals surface area contributed by atoms with Gasteiger partial charge in [0.05, 0.1) is 23.6 Å². The molecule has 2 heterocycles. The topological polar surface area (TPSA) is 64.4 Å². The molecule has 8 heteroatoms. The number of aromatic nitrogens is 2. The lowest BCUT2D eigenvalue weighted by molar-refractivity contribution is 0.288. The maximum Gasteiger partial charge on any atom is 0.268 e. The van der Waals surface area contributed by atoms with Crippen LogP contribution >= 0.6 is 0 Å². The van der Waals surface area contributed by atoms with Gasteiger partial charge in [-0.1, -0.05) is 24.3 Å². The van der Waals surface area contributed by atoms with Crippen LogP contribution < -0.4 is 9.04 Å². The van der Waals surface area contributed by atoms with E-state index in [1.807, 2.05) is 24.3 Å². The molecular weight excluding hydrogens is 393 g/mol. The lowest BCUT2D eigenvalue weighted by atomic mass is 10.2. The van der Waals surface area contributed by atoms with Crippen LogP contribution in [0.2, 0.25) is 0 Å². The number of para-hydroxylation sites is 1. The SMILES string of the molecule is Cc1nn(CCOc2cccc(F)c2)c(C)c1S(=O)(=O)N1CCc2ccccc21. The molecule has 4 rings (SSSR count). The summed E-state index contributed by atoms with van der Waals surface area (Å²) in [6.07, 6.45) is 0.698. The van der Waals surface area contributed by atoms with Crippen LogP contribution in [0.5, 0.6) is 5.75 Å². The summed E-state index contributed by atoms with van der Waals surface area (Å²) in [7, 11) is -3.72. The molecule has 152 valence electrons. The number of nitrogens with zero attached hydrogens (tertiary/aromatic N) is 3.